The molecule has 1 aromatic carbocycles. The van der Waals surface area contributed by atoms with E-state index in [2.05, 4.69) is 51.8 Å². The van der Waals surface area contributed by atoms with E-state index in [4.69, 9.17) is 0 Å². The molecule has 0 spiro atoms. The molecule has 0 bridgehead atoms. The lowest BCUT2D eigenvalue weighted by atomic mass is 10.1. The molecule has 100 valence electrons. The quantitative estimate of drug-likeness (QED) is 0.834. The van der Waals surface area contributed by atoms with Crippen LogP contribution in [-0.4, -0.2) is 16.5 Å². The third kappa shape index (κ3) is 4.03. The first-order chi connectivity index (χ1) is 9.29. The van der Waals surface area contributed by atoms with Crippen LogP contribution in [0.2, 0.25) is 0 Å². The monoisotopic (exact) mass is 256 g/mol. The minimum Gasteiger partial charge on any atom is -0.355 e. The molecule has 0 unspecified atom stereocenters. The lowest BCUT2D eigenvalue weighted by Gasteiger charge is -2.14. The van der Waals surface area contributed by atoms with Gasteiger partial charge >= 0.3 is 0 Å². The van der Waals surface area contributed by atoms with Gasteiger partial charge in [0.25, 0.3) is 0 Å². The van der Waals surface area contributed by atoms with Crippen molar-refractivity contribution in [1.29, 1.82) is 0 Å². The Hall–Kier alpha value is -1.94. The summed E-state index contributed by atoms with van der Waals surface area (Å²) in [4.78, 5) is 8.51. The van der Waals surface area contributed by atoms with Crippen molar-refractivity contribution in [3.63, 3.8) is 0 Å². The lowest BCUT2D eigenvalue weighted by molar-refractivity contribution is 0.573. The Morgan fingerprint density at radius 2 is 1.79 bits per heavy atom. The zero-order chi connectivity index (χ0) is 13.5. The Morgan fingerprint density at radius 1 is 1.11 bits per heavy atom. The van der Waals surface area contributed by atoms with Gasteiger partial charge in [0.15, 0.2) is 0 Å². The molecule has 1 heterocycles. The summed E-state index contributed by atoms with van der Waals surface area (Å²) < 4.78 is 0. The van der Waals surface area contributed by atoms with E-state index in [9.17, 15) is 0 Å². The molecule has 2 N–H and O–H groups in total. The first-order valence-electron chi connectivity index (χ1n) is 6.62. The maximum absolute atomic E-state index is 4.26. The molecular formula is C15H20N4. The van der Waals surface area contributed by atoms with E-state index in [1.807, 2.05) is 25.4 Å². The molecule has 0 saturated heterocycles. The molecule has 2 aromatic rings. The van der Waals surface area contributed by atoms with E-state index in [0.29, 0.717) is 12.0 Å². The number of anilines is 1. The highest BCUT2D eigenvalue weighted by molar-refractivity contribution is 5.24. The molecule has 0 saturated carbocycles. The largest absolute Gasteiger partial charge is 0.355 e. The predicted octanol–water partition coefficient (Wildman–Crippen LogP) is 2.76. The third-order valence-electron chi connectivity index (χ3n) is 2.95. The van der Waals surface area contributed by atoms with Gasteiger partial charge in [-0.05, 0) is 19.4 Å². The normalized spacial score (nSPS) is 12.1. The maximum atomic E-state index is 4.26. The van der Waals surface area contributed by atoms with Crippen LogP contribution in [0, 0.1) is 0 Å². The molecule has 4 heteroatoms. The fraction of sp³-hybridized carbons (Fsp3) is 0.333. The van der Waals surface area contributed by atoms with E-state index in [1.165, 1.54) is 5.56 Å². The number of rotatable bonds is 6. The van der Waals surface area contributed by atoms with Crippen LogP contribution in [0.15, 0.2) is 42.7 Å². The fourth-order valence-corrected chi connectivity index (χ4v) is 1.83. The first-order valence-corrected chi connectivity index (χ1v) is 6.62. The number of nitrogens with zero attached hydrogens (tertiary/aromatic N) is 2. The van der Waals surface area contributed by atoms with Crippen LogP contribution < -0.4 is 10.6 Å². The van der Waals surface area contributed by atoms with E-state index in [1.54, 1.807) is 0 Å². The fourth-order valence-electron chi connectivity index (χ4n) is 1.83. The summed E-state index contributed by atoms with van der Waals surface area (Å²) in [6.07, 6.45) is 3.71. The third-order valence-corrected chi connectivity index (χ3v) is 2.95. The van der Waals surface area contributed by atoms with E-state index in [0.717, 1.165) is 18.7 Å². The molecule has 0 aliphatic heterocycles. The average molecular weight is 256 g/mol. The van der Waals surface area contributed by atoms with Crippen molar-refractivity contribution in [3.05, 3.63) is 53.9 Å². The standard InChI is InChI=1S/C15H20N4/c1-3-16-15-18-10-13(11-19-15)9-17-12(2)14-7-5-4-6-8-14/h4-8,10-12,17H,3,9H2,1-2H3,(H,16,18,19)/t12-/m0/s1. The number of nitrogens with one attached hydrogen (secondary N) is 2. The topological polar surface area (TPSA) is 49.8 Å². The highest BCUT2D eigenvalue weighted by Crippen LogP contribution is 2.12. The van der Waals surface area contributed by atoms with Crippen LogP contribution >= 0.6 is 0 Å². The van der Waals surface area contributed by atoms with E-state index >= 15 is 0 Å². The Morgan fingerprint density at radius 3 is 2.42 bits per heavy atom. The number of aromatic nitrogens is 2. The molecule has 0 aliphatic rings. The highest BCUT2D eigenvalue weighted by Gasteiger charge is 2.04. The summed E-state index contributed by atoms with van der Waals surface area (Å²) in [6.45, 7) is 5.79. The van der Waals surface area contributed by atoms with Crippen LogP contribution in [0.3, 0.4) is 0 Å². The molecule has 1 aromatic heterocycles. The highest BCUT2D eigenvalue weighted by atomic mass is 15.1. The molecule has 4 nitrogen and oxygen atoms in total. The number of hydrogen-bond donors (Lipinski definition) is 2. The average Bonchev–Trinajstić information content (AvgIpc) is 2.47. The molecule has 19 heavy (non-hydrogen) atoms. The molecular weight excluding hydrogens is 236 g/mol. The smallest absolute Gasteiger partial charge is 0.222 e. The molecule has 0 amide bonds. The zero-order valence-corrected chi connectivity index (χ0v) is 11.4. The Bertz CT molecular complexity index is 481. The second-order valence-electron chi connectivity index (χ2n) is 4.46. The lowest BCUT2D eigenvalue weighted by Crippen LogP contribution is -2.18. The SMILES string of the molecule is CCNc1ncc(CN[C@@H](C)c2ccccc2)cn1. The van der Waals surface area contributed by atoms with Crippen molar-refractivity contribution in [2.75, 3.05) is 11.9 Å². The Labute approximate surface area is 114 Å². The Balaban J connectivity index is 1.88. The van der Waals surface area contributed by atoms with Gasteiger partial charge in [0.05, 0.1) is 0 Å². The van der Waals surface area contributed by atoms with Gasteiger partial charge in [0.2, 0.25) is 5.95 Å². The molecule has 2 rings (SSSR count). The van der Waals surface area contributed by atoms with Gasteiger partial charge in [0.1, 0.15) is 0 Å². The number of hydrogen-bond acceptors (Lipinski definition) is 4. The molecule has 0 aliphatic carbocycles. The minimum absolute atomic E-state index is 0.314. The predicted molar refractivity (Wildman–Crippen MR) is 77.9 cm³/mol. The molecule has 1 atom stereocenters. The molecule has 0 radical (unpaired) electrons. The van der Waals surface area contributed by atoms with Crippen molar-refractivity contribution in [1.82, 2.24) is 15.3 Å². The van der Waals surface area contributed by atoms with Crippen molar-refractivity contribution in [2.24, 2.45) is 0 Å². The summed E-state index contributed by atoms with van der Waals surface area (Å²) in [5.41, 5.74) is 2.37. The van der Waals surface area contributed by atoms with Gasteiger partial charge in [-0.1, -0.05) is 30.3 Å². The maximum Gasteiger partial charge on any atom is 0.222 e. The van der Waals surface area contributed by atoms with Gasteiger partial charge < -0.3 is 10.6 Å². The summed E-state index contributed by atoms with van der Waals surface area (Å²) in [6, 6.07) is 10.7. The molecule has 0 fully saturated rings. The summed E-state index contributed by atoms with van der Waals surface area (Å²) >= 11 is 0. The number of benzene rings is 1. The van der Waals surface area contributed by atoms with Gasteiger partial charge in [-0.3, -0.25) is 0 Å². The second-order valence-corrected chi connectivity index (χ2v) is 4.46. The van der Waals surface area contributed by atoms with Gasteiger partial charge in [0, 0.05) is 37.1 Å². The van der Waals surface area contributed by atoms with Crippen LogP contribution in [-0.2, 0) is 6.54 Å². The van der Waals surface area contributed by atoms with Crippen molar-refractivity contribution >= 4 is 5.95 Å². The van der Waals surface area contributed by atoms with Crippen LogP contribution in [0.1, 0.15) is 31.0 Å². The van der Waals surface area contributed by atoms with E-state index in [-0.39, 0.29) is 0 Å². The van der Waals surface area contributed by atoms with Crippen molar-refractivity contribution in [2.45, 2.75) is 26.4 Å². The zero-order valence-electron chi connectivity index (χ0n) is 11.4. The summed E-state index contributed by atoms with van der Waals surface area (Å²) in [7, 11) is 0. The Kier molecular flexibility index (Phi) is 4.86. The van der Waals surface area contributed by atoms with Crippen LogP contribution in [0.4, 0.5) is 5.95 Å². The minimum atomic E-state index is 0.314. The summed E-state index contributed by atoms with van der Waals surface area (Å²) in [5.74, 6) is 0.683. The van der Waals surface area contributed by atoms with E-state index < -0.39 is 0 Å². The van der Waals surface area contributed by atoms with Gasteiger partial charge in [-0.15, -0.1) is 0 Å². The van der Waals surface area contributed by atoms with Crippen molar-refractivity contribution < 1.29 is 0 Å². The van der Waals surface area contributed by atoms with Gasteiger partial charge in [-0.25, -0.2) is 9.97 Å². The van der Waals surface area contributed by atoms with Crippen LogP contribution in [0.5, 0.6) is 0 Å². The summed E-state index contributed by atoms with van der Waals surface area (Å²) in [5, 5.41) is 6.55. The second kappa shape index (κ2) is 6.85. The first kappa shape index (κ1) is 13.5. The van der Waals surface area contributed by atoms with Crippen molar-refractivity contribution in [3.8, 4) is 0 Å². The van der Waals surface area contributed by atoms with Crippen LogP contribution in [0.25, 0.3) is 0 Å². The van der Waals surface area contributed by atoms with Gasteiger partial charge in [-0.2, -0.15) is 0 Å².